The van der Waals surface area contributed by atoms with E-state index in [1.54, 1.807) is 14.2 Å². The molecule has 0 saturated heterocycles. The van der Waals surface area contributed by atoms with Gasteiger partial charge in [0.05, 0.1) is 27.3 Å². The number of ether oxygens (including phenoxy) is 2. The fourth-order valence-electron chi connectivity index (χ4n) is 2.73. The SMILES string of the molecule is COc1ccc(CCNC2=NCCN2C2=NCCN2)cc1OC. The molecule has 7 nitrogen and oxygen atoms in total. The second kappa shape index (κ2) is 7.21. The summed E-state index contributed by atoms with van der Waals surface area (Å²) >= 11 is 0. The summed E-state index contributed by atoms with van der Waals surface area (Å²) < 4.78 is 10.6. The van der Waals surface area contributed by atoms with Crippen molar-refractivity contribution in [2.24, 2.45) is 9.98 Å². The monoisotopic (exact) mass is 317 g/mol. The van der Waals surface area contributed by atoms with Gasteiger partial charge in [0.25, 0.3) is 0 Å². The fraction of sp³-hybridized carbons (Fsp3) is 0.500. The second-order valence-corrected chi connectivity index (χ2v) is 5.36. The minimum Gasteiger partial charge on any atom is -0.493 e. The van der Waals surface area contributed by atoms with E-state index in [1.165, 1.54) is 5.56 Å². The number of rotatable bonds is 5. The molecule has 0 aliphatic carbocycles. The van der Waals surface area contributed by atoms with Crippen molar-refractivity contribution >= 4 is 11.9 Å². The van der Waals surface area contributed by atoms with Crippen LogP contribution in [0.2, 0.25) is 0 Å². The predicted molar refractivity (Wildman–Crippen MR) is 90.6 cm³/mol. The van der Waals surface area contributed by atoms with Gasteiger partial charge < -0.3 is 20.1 Å². The van der Waals surface area contributed by atoms with Crippen molar-refractivity contribution in [3.05, 3.63) is 23.8 Å². The van der Waals surface area contributed by atoms with Crippen LogP contribution in [0.5, 0.6) is 11.5 Å². The van der Waals surface area contributed by atoms with Gasteiger partial charge in [0.1, 0.15) is 0 Å². The predicted octanol–water partition coefficient (Wildman–Crippen LogP) is 0.467. The first-order valence-electron chi connectivity index (χ1n) is 7.87. The van der Waals surface area contributed by atoms with E-state index < -0.39 is 0 Å². The van der Waals surface area contributed by atoms with E-state index in [0.717, 1.165) is 62.6 Å². The summed E-state index contributed by atoms with van der Waals surface area (Å²) in [7, 11) is 3.30. The van der Waals surface area contributed by atoms with Gasteiger partial charge in [0, 0.05) is 19.6 Å². The number of guanidine groups is 2. The van der Waals surface area contributed by atoms with Crippen LogP contribution >= 0.6 is 0 Å². The van der Waals surface area contributed by atoms with Gasteiger partial charge in [-0.25, -0.2) is 0 Å². The minimum atomic E-state index is 0.751. The van der Waals surface area contributed by atoms with Crippen LogP contribution in [-0.4, -0.2) is 63.8 Å². The molecule has 0 spiro atoms. The van der Waals surface area contributed by atoms with Gasteiger partial charge in [-0.3, -0.25) is 14.9 Å². The third-order valence-electron chi connectivity index (χ3n) is 3.90. The summed E-state index contributed by atoms with van der Waals surface area (Å²) in [6, 6.07) is 6.00. The van der Waals surface area contributed by atoms with E-state index in [-0.39, 0.29) is 0 Å². The smallest absolute Gasteiger partial charge is 0.201 e. The zero-order valence-corrected chi connectivity index (χ0v) is 13.6. The highest BCUT2D eigenvalue weighted by Crippen LogP contribution is 2.27. The van der Waals surface area contributed by atoms with Crippen molar-refractivity contribution in [2.75, 3.05) is 46.9 Å². The second-order valence-electron chi connectivity index (χ2n) is 5.36. The van der Waals surface area contributed by atoms with Crippen LogP contribution in [0.3, 0.4) is 0 Å². The molecule has 0 radical (unpaired) electrons. The Morgan fingerprint density at radius 3 is 2.78 bits per heavy atom. The lowest BCUT2D eigenvalue weighted by Gasteiger charge is -2.20. The van der Waals surface area contributed by atoms with Gasteiger partial charge in [-0.1, -0.05) is 6.07 Å². The molecule has 2 heterocycles. The third kappa shape index (κ3) is 3.49. The molecule has 0 aromatic heterocycles. The van der Waals surface area contributed by atoms with E-state index >= 15 is 0 Å². The Morgan fingerprint density at radius 2 is 2.04 bits per heavy atom. The topological polar surface area (TPSA) is 70.5 Å². The first-order chi connectivity index (χ1) is 11.3. The standard InChI is InChI=1S/C16H23N5O2/c1-22-13-4-3-12(11-14(13)23-2)5-6-17-15-20-9-10-21(15)16-18-7-8-19-16/h3-4,11H,5-10H2,1-2H3,(H,17,20)(H,18,19). The Hall–Kier alpha value is -2.44. The Bertz CT molecular complexity index is 614. The molecule has 124 valence electrons. The van der Waals surface area contributed by atoms with Crippen LogP contribution < -0.4 is 20.1 Å². The highest BCUT2D eigenvalue weighted by atomic mass is 16.5. The highest BCUT2D eigenvalue weighted by Gasteiger charge is 2.23. The summed E-state index contributed by atoms with van der Waals surface area (Å²) in [5.74, 6) is 3.34. The van der Waals surface area contributed by atoms with Crippen LogP contribution in [0.25, 0.3) is 0 Å². The molecular weight excluding hydrogens is 294 g/mol. The van der Waals surface area contributed by atoms with E-state index in [1.807, 2.05) is 12.1 Å². The number of methoxy groups -OCH3 is 2. The largest absolute Gasteiger partial charge is 0.493 e. The molecule has 0 saturated carbocycles. The molecule has 1 aromatic rings. The van der Waals surface area contributed by atoms with Crippen molar-refractivity contribution in [1.29, 1.82) is 0 Å². The van der Waals surface area contributed by atoms with Gasteiger partial charge >= 0.3 is 0 Å². The molecule has 0 unspecified atom stereocenters. The number of nitrogens with zero attached hydrogens (tertiary/aromatic N) is 3. The highest BCUT2D eigenvalue weighted by molar-refractivity contribution is 6.00. The van der Waals surface area contributed by atoms with Crippen LogP contribution in [-0.2, 0) is 6.42 Å². The van der Waals surface area contributed by atoms with Crippen LogP contribution in [0.1, 0.15) is 5.56 Å². The van der Waals surface area contributed by atoms with Crippen molar-refractivity contribution in [2.45, 2.75) is 6.42 Å². The van der Waals surface area contributed by atoms with E-state index in [4.69, 9.17) is 9.47 Å². The summed E-state index contributed by atoms with van der Waals surface area (Å²) in [5, 5.41) is 6.70. The molecule has 2 N–H and O–H groups in total. The zero-order valence-electron chi connectivity index (χ0n) is 13.6. The van der Waals surface area contributed by atoms with Crippen LogP contribution in [0, 0.1) is 0 Å². The lowest BCUT2D eigenvalue weighted by molar-refractivity contribution is 0.354. The normalized spacial score (nSPS) is 16.7. The third-order valence-corrected chi connectivity index (χ3v) is 3.90. The lowest BCUT2D eigenvalue weighted by Crippen LogP contribution is -2.47. The molecule has 0 atom stereocenters. The minimum absolute atomic E-state index is 0.751. The van der Waals surface area contributed by atoms with Crippen LogP contribution in [0.4, 0.5) is 0 Å². The molecule has 2 aliphatic heterocycles. The average Bonchev–Trinajstić information content (AvgIpc) is 3.25. The van der Waals surface area contributed by atoms with Gasteiger partial charge in [-0.2, -0.15) is 0 Å². The Balaban J connectivity index is 1.55. The number of hydrogen-bond donors (Lipinski definition) is 2. The number of aliphatic imine (C=N–C) groups is 2. The summed E-state index contributed by atoms with van der Waals surface area (Å²) in [4.78, 5) is 11.1. The quantitative estimate of drug-likeness (QED) is 0.826. The summed E-state index contributed by atoms with van der Waals surface area (Å²) in [5.41, 5.74) is 1.19. The van der Waals surface area contributed by atoms with Crippen molar-refractivity contribution in [3.8, 4) is 11.5 Å². The molecule has 2 aliphatic rings. The number of hydrogen-bond acceptors (Lipinski definition) is 7. The Labute approximate surface area is 136 Å². The van der Waals surface area contributed by atoms with Crippen molar-refractivity contribution in [3.63, 3.8) is 0 Å². The van der Waals surface area contributed by atoms with E-state index in [0.29, 0.717) is 0 Å². The summed E-state index contributed by atoms with van der Waals surface area (Å²) in [6.07, 6.45) is 0.882. The number of benzene rings is 1. The average molecular weight is 317 g/mol. The molecule has 0 amide bonds. The molecule has 7 heteroatoms. The van der Waals surface area contributed by atoms with E-state index in [9.17, 15) is 0 Å². The molecule has 0 fully saturated rings. The molecule has 1 aromatic carbocycles. The van der Waals surface area contributed by atoms with Crippen molar-refractivity contribution in [1.82, 2.24) is 15.5 Å². The molecule has 3 rings (SSSR count). The van der Waals surface area contributed by atoms with Gasteiger partial charge in [0.15, 0.2) is 11.5 Å². The molecule has 23 heavy (non-hydrogen) atoms. The maximum Gasteiger partial charge on any atom is 0.201 e. The van der Waals surface area contributed by atoms with Crippen LogP contribution in [0.15, 0.2) is 28.2 Å². The molecular formula is C16H23N5O2. The lowest BCUT2D eigenvalue weighted by atomic mass is 10.1. The van der Waals surface area contributed by atoms with Crippen molar-refractivity contribution < 1.29 is 9.47 Å². The zero-order chi connectivity index (χ0) is 16.1. The van der Waals surface area contributed by atoms with Gasteiger partial charge in [-0.05, 0) is 24.1 Å². The first-order valence-corrected chi connectivity index (χ1v) is 7.87. The van der Waals surface area contributed by atoms with Gasteiger partial charge in [-0.15, -0.1) is 0 Å². The maximum absolute atomic E-state index is 5.34. The summed E-state index contributed by atoms with van der Waals surface area (Å²) in [6.45, 7) is 4.23. The first kappa shape index (κ1) is 15.5. The van der Waals surface area contributed by atoms with E-state index in [2.05, 4.69) is 31.6 Å². The molecule has 0 bridgehead atoms. The number of nitrogens with one attached hydrogen (secondary N) is 2. The Kier molecular flexibility index (Phi) is 4.85. The van der Waals surface area contributed by atoms with Gasteiger partial charge in [0.2, 0.25) is 11.9 Å². The fourth-order valence-corrected chi connectivity index (χ4v) is 2.73. The Morgan fingerprint density at radius 1 is 1.17 bits per heavy atom. The maximum atomic E-state index is 5.34.